The van der Waals surface area contributed by atoms with Crippen LogP contribution in [0, 0.1) is 0 Å². The van der Waals surface area contributed by atoms with Crippen molar-refractivity contribution < 1.29 is 41.0 Å². The van der Waals surface area contributed by atoms with Gasteiger partial charge in [0.1, 0.15) is 11.9 Å². The first-order chi connectivity index (χ1) is 16.4. The van der Waals surface area contributed by atoms with E-state index < -0.39 is 45.7 Å². The molecule has 0 radical (unpaired) electrons. The molecule has 9 nitrogen and oxygen atoms in total. The van der Waals surface area contributed by atoms with Crippen LogP contribution in [-0.4, -0.2) is 67.5 Å². The summed E-state index contributed by atoms with van der Waals surface area (Å²) < 4.78 is 71.3. The van der Waals surface area contributed by atoms with Gasteiger partial charge in [0.15, 0.2) is 0 Å². The fourth-order valence-electron chi connectivity index (χ4n) is 4.46. The number of hydrogen-bond acceptors (Lipinski definition) is 7. The summed E-state index contributed by atoms with van der Waals surface area (Å²) in [5.74, 6) is -2.51. The van der Waals surface area contributed by atoms with Crippen LogP contribution in [-0.2, 0) is 36.9 Å². The van der Waals surface area contributed by atoms with Crippen LogP contribution < -0.4 is 4.90 Å². The molecule has 4 rings (SSSR count). The van der Waals surface area contributed by atoms with E-state index in [9.17, 15) is 36.3 Å². The van der Waals surface area contributed by atoms with Gasteiger partial charge in [-0.2, -0.15) is 17.5 Å². The Hall–Kier alpha value is -3.19. The summed E-state index contributed by atoms with van der Waals surface area (Å²) in [4.78, 5) is 29.2. The maximum atomic E-state index is 13.4. The summed E-state index contributed by atoms with van der Waals surface area (Å²) in [7, 11) is -2.98. The molecule has 1 saturated heterocycles. The molecule has 2 heterocycles. The van der Waals surface area contributed by atoms with Crippen LogP contribution in [0.5, 0.6) is 0 Å². The van der Waals surface area contributed by atoms with Gasteiger partial charge in [-0.15, -0.1) is 0 Å². The van der Waals surface area contributed by atoms with Gasteiger partial charge in [0, 0.05) is 25.8 Å². The Kier molecular flexibility index (Phi) is 6.49. The van der Waals surface area contributed by atoms with Crippen LogP contribution in [0.15, 0.2) is 41.4 Å². The van der Waals surface area contributed by atoms with Gasteiger partial charge >= 0.3 is 18.1 Å². The molecule has 1 aliphatic heterocycles. The second-order valence-corrected chi connectivity index (χ2v) is 10.2. The molecule has 2 aliphatic rings. The van der Waals surface area contributed by atoms with Gasteiger partial charge in [-0.1, -0.05) is 6.07 Å². The average molecular weight is 513 g/mol. The first-order valence-electron chi connectivity index (χ1n) is 10.7. The number of anilines is 1. The predicted octanol–water partition coefficient (Wildman–Crippen LogP) is 2.27. The van der Waals surface area contributed by atoms with Gasteiger partial charge in [-0.05, 0) is 48.2 Å². The van der Waals surface area contributed by atoms with Crippen molar-refractivity contribution in [3.8, 4) is 0 Å². The van der Waals surface area contributed by atoms with Crippen molar-refractivity contribution in [2.45, 2.75) is 35.9 Å². The third kappa shape index (κ3) is 4.69. The molecule has 0 bridgehead atoms. The van der Waals surface area contributed by atoms with Crippen molar-refractivity contribution in [2.75, 3.05) is 31.6 Å². The van der Waals surface area contributed by atoms with E-state index in [1.807, 2.05) is 0 Å². The predicted molar refractivity (Wildman–Crippen MR) is 116 cm³/mol. The van der Waals surface area contributed by atoms with E-state index in [2.05, 4.69) is 4.98 Å². The molecular weight excluding hydrogens is 491 g/mol. The van der Waals surface area contributed by atoms with Crippen LogP contribution >= 0.6 is 0 Å². The number of carboxylic acid groups (broad SMARTS) is 1. The van der Waals surface area contributed by atoms with Crippen molar-refractivity contribution in [3.63, 3.8) is 0 Å². The van der Waals surface area contributed by atoms with Crippen LogP contribution in [0.3, 0.4) is 0 Å². The molecule has 35 heavy (non-hydrogen) atoms. The lowest BCUT2D eigenvalue weighted by Crippen LogP contribution is -2.58. The highest BCUT2D eigenvalue weighted by molar-refractivity contribution is 7.89. The molecule has 1 aliphatic carbocycles. The Morgan fingerprint density at radius 1 is 1.17 bits per heavy atom. The van der Waals surface area contributed by atoms with Crippen LogP contribution in [0.25, 0.3) is 0 Å². The third-order valence-corrected chi connectivity index (χ3v) is 8.18. The number of esters is 1. The van der Waals surface area contributed by atoms with Gasteiger partial charge in [-0.3, -0.25) is 4.79 Å². The number of fused-ring (bicyclic) bond motifs is 1. The molecule has 0 amide bonds. The number of aliphatic carboxylic acids is 1. The zero-order valence-electron chi connectivity index (χ0n) is 18.5. The lowest BCUT2D eigenvalue weighted by Gasteiger charge is -2.39. The summed E-state index contributed by atoms with van der Waals surface area (Å²) in [5.41, 5.74) is 0.283. The molecule has 1 unspecified atom stereocenters. The van der Waals surface area contributed by atoms with E-state index in [-0.39, 0.29) is 30.3 Å². The second kappa shape index (κ2) is 9.11. The van der Waals surface area contributed by atoms with Gasteiger partial charge in [0.2, 0.25) is 10.0 Å². The number of carboxylic acids is 1. The highest BCUT2D eigenvalue weighted by Gasteiger charge is 2.40. The van der Waals surface area contributed by atoms with Gasteiger partial charge in [-0.25, -0.2) is 18.2 Å². The minimum Gasteiger partial charge on any atom is -0.481 e. The summed E-state index contributed by atoms with van der Waals surface area (Å²) in [6, 6.07) is 5.20. The molecule has 1 N–H and O–H groups in total. The molecule has 188 valence electrons. The largest absolute Gasteiger partial charge is 0.481 e. The number of piperazine rings is 1. The van der Waals surface area contributed by atoms with Crippen molar-refractivity contribution in [3.05, 3.63) is 53.2 Å². The maximum Gasteiger partial charge on any atom is 0.417 e. The number of pyridine rings is 1. The minimum absolute atomic E-state index is 0.0277. The fourth-order valence-corrected chi connectivity index (χ4v) is 5.93. The monoisotopic (exact) mass is 513 g/mol. The average Bonchev–Trinajstić information content (AvgIpc) is 3.26. The zero-order chi connectivity index (χ0) is 25.5. The molecule has 1 fully saturated rings. The van der Waals surface area contributed by atoms with Crippen LogP contribution in [0.4, 0.5) is 19.0 Å². The normalized spacial score (nSPS) is 21.0. The number of benzene rings is 1. The Morgan fingerprint density at radius 3 is 2.51 bits per heavy atom. The van der Waals surface area contributed by atoms with E-state index in [1.165, 1.54) is 17.0 Å². The first kappa shape index (κ1) is 24.9. The number of rotatable bonds is 5. The summed E-state index contributed by atoms with van der Waals surface area (Å²) in [5, 5.41) is 9.44. The zero-order valence-corrected chi connectivity index (χ0v) is 19.3. The lowest BCUT2D eigenvalue weighted by atomic mass is 10.0. The smallest absolute Gasteiger partial charge is 0.417 e. The number of halogens is 3. The Bertz CT molecular complexity index is 1250. The number of alkyl halides is 3. The lowest BCUT2D eigenvalue weighted by molar-refractivity contribution is -0.143. The number of methoxy groups -OCH3 is 1. The molecular formula is C22H22F3N3O6S. The van der Waals surface area contributed by atoms with E-state index in [0.29, 0.717) is 24.6 Å². The van der Waals surface area contributed by atoms with E-state index in [0.717, 1.165) is 29.1 Å². The Balaban J connectivity index is 1.61. The van der Waals surface area contributed by atoms with E-state index in [4.69, 9.17) is 4.74 Å². The molecule has 13 heteroatoms. The molecule has 1 aromatic carbocycles. The Labute approximate surface area is 199 Å². The minimum atomic E-state index is -4.57. The van der Waals surface area contributed by atoms with Crippen LogP contribution in [0.2, 0.25) is 0 Å². The number of hydrogen-bond donors (Lipinski definition) is 1. The van der Waals surface area contributed by atoms with Crippen molar-refractivity contribution in [1.82, 2.24) is 9.29 Å². The molecule has 0 saturated carbocycles. The SMILES string of the molecule is COC(=O)[C@@H]1CN(S(=O)(=O)c2ccc3c(c2)C(C(=O)O)CC3)CCN1c1ccc(C(F)(F)F)cn1. The number of carbonyl (C=O) groups excluding carboxylic acids is 1. The molecule has 0 spiro atoms. The molecule has 2 atom stereocenters. The fraction of sp³-hybridized carbons (Fsp3) is 0.409. The van der Waals surface area contributed by atoms with Gasteiger partial charge in [0.25, 0.3) is 0 Å². The van der Waals surface area contributed by atoms with Crippen LogP contribution in [0.1, 0.15) is 29.0 Å². The highest BCUT2D eigenvalue weighted by Crippen LogP contribution is 2.36. The summed E-state index contributed by atoms with van der Waals surface area (Å²) in [6.07, 6.45) is -3.00. The quantitative estimate of drug-likeness (QED) is 0.606. The maximum absolute atomic E-state index is 13.4. The molecule has 2 aromatic rings. The van der Waals surface area contributed by atoms with Gasteiger partial charge < -0.3 is 14.7 Å². The standard InChI is InChI=1S/C22H22F3N3O6S/c1-34-21(31)18-12-27(8-9-28(18)19-7-4-14(11-26-19)22(23,24)25)35(32,33)15-5-2-13-3-6-16(20(29)30)17(13)10-15/h2,4-5,7,10-11,16,18H,3,6,8-9,12H2,1H3,(H,29,30)/t16?,18-/m0/s1. The topological polar surface area (TPSA) is 117 Å². The number of nitrogens with zero attached hydrogens (tertiary/aromatic N) is 3. The summed E-state index contributed by atoms with van der Waals surface area (Å²) in [6.45, 7) is -0.421. The molecule has 1 aromatic heterocycles. The number of aromatic nitrogens is 1. The highest BCUT2D eigenvalue weighted by atomic mass is 32.2. The van der Waals surface area contributed by atoms with Crippen molar-refractivity contribution >= 4 is 27.8 Å². The third-order valence-electron chi connectivity index (χ3n) is 6.32. The number of carbonyl (C=O) groups is 2. The van der Waals surface area contributed by atoms with E-state index in [1.54, 1.807) is 6.07 Å². The van der Waals surface area contributed by atoms with Crippen molar-refractivity contribution in [2.24, 2.45) is 0 Å². The number of aryl methyl sites for hydroxylation is 1. The number of sulfonamides is 1. The Morgan fingerprint density at radius 2 is 1.91 bits per heavy atom. The first-order valence-corrected chi connectivity index (χ1v) is 12.1. The van der Waals surface area contributed by atoms with E-state index >= 15 is 0 Å². The van der Waals surface area contributed by atoms with Crippen molar-refractivity contribution in [1.29, 1.82) is 0 Å². The second-order valence-electron chi connectivity index (χ2n) is 8.29. The number of ether oxygens (including phenoxy) is 1. The van der Waals surface area contributed by atoms with Gasteiger partial charge in [0.05, 0.1) is 23.5 Å². The summed E-state index contributed by atoms with van der Waals surface area (Å²) >= 11 is 0.